The summed E-state index contributed by atoms with van der Waals surface area (Å²) >= 11 is 0. The minimum Gasteiger partial charge on any atom is -0.380 e. The molecule has 0 bridgehead atoms. The molecule has 0 amide bonds. The highest BCUT2D eigenvalue weighted by Crippen LogP contribution is 2.32. The Balaban J connectivity index is 2.12. The fourth-order valence-electron chi connectivity index (χ4n) is 2.62. The summed E-state index contributed by atoms with van der Waals surface area (Å²) in [5.74, 6) is 0.669. The summed E-state index contributed by atoms with van der Waals surface area (Å²) in [6, 6.07) is 9.12. The number of hydrogen-bond acceptors (Lipinski definition) is 2. The Morgan fingerprint density at radius 1 is 1.29 bits per heavy atom. The Morgan fingerprint density at radius 3 is 3.00 bits per heavy atom. The van der Waals surface area contributed by atoms with Crippen LogP contribution in [0.2, 0.25) is 0 Å². The lowest BCUT2D eigenvalue weighted by Gasteiger charge is -2.30. The molecule has 2 heteroatoms. The molecule has 0 fully saturated rings. The molecule has 0 radical (unpaired) electrons. The summed E-state index contributed by atoms with van der Waals surface area (Å²) in [5, 5.41) is 4.90. The second-order valence-electron chi connectivity index (χ2n) is 5.21. The van der Waals surface area contributed by atoms with Gasteiger partial charge >= 0.3 is 0 Å². The van der Waals surface area contributed by atoms with E-state index in [0.717, 1.165) is 11.9 Å². The van der Waals surface area contributed by atoms with Crippen molar-refractivity contribution in [1.82, 2.24) is 4.98 Å². The highest BCUT2D eigenvalue weighted by molar-refractivity contribution is 5.92. The van der Waals surface area contributed by atoms with E-state index >= 15 is 0 Å². The Bertz CT molecular complexity index is 546. The van der Waals surface area contributed by atoms with Gasteiger partial charge in [0.15, 0.2) is 0 Å². The average Bonchev–Trinajstić information content (AvgIpc) is 2.38. The van der Waals surface area contributed by atoms with Gasteiger partial charge in [0.2, 0.25) is 0 Å². The van der Waals surface area contributed by atoms with Gasteiger partial charge in [-0.3, -0.25) is 4.98 Å². The van der Waals surface area contributed by atoms with Gasteiger partial charge in [-0.15, -0.1) is 0 Å². The maximum atomic E-state index is 4.53. The molecule has 1 unspecified atom stereocenters. The van der Waals surface area contributed by atoms with Crippen LogP contribution in [-0.2, 0) is 6.42 Å². The van der Waals surface area contributed by atoms with Crippen LogP contribution in [0.5, 0.6) is 0 Å². The number of nitrogens with one attached hydrogen (secondary N) is 1. The highest BCUT2D eigenvalue weighted by atomic mass is 15.0. The fraction of sp³-hybridized carbons (Fsp3) is 0.400. The smallest absolute Gasteiger partial charge is 0.0936 e. The summed E-state index contributed by atoms with van der Waals surface area (Å²) in [4.78, 5) is 4.53. The van der Waals surface area contributed by atoms with Gasteiger partial charge in [-0.1, -0.05) is 32.0 Å². The lowest BCUT2D eigenvalue weighted by Crippen LogP contribution is -2.30. The van der Waals surface area contributed by atoms with Crippen LogP contribution >= 0.6 is 0 Å². The van der Waals surface area contributed by atoms with Crippen molar-refractivity contribution in [1.29, 1.82) is 0 Å². The third kappa shape index (κ3) is 1.78. The van der Waals surface area contributed by atoms with Crippen LogP contribution in [-0.4, -0.2) is 11.0 Å². The van der Waals surface area contributed by atoms with Gasteiger partial charge < -0.3 is 5.32 Å². The van der Waals surface area contributed by atoms with E-state index in [1.165, 1.54) is 23.1 Å². The predicted molar refractivity (Wildman–Crippen MR) is 72.3 cm³/mol. The molecule has 1 N–H and O–H groups in total. The predicted octanol–water partition coefficient (Wildman–Crippen LogP) is 3.62. The molecular weight excluding hydrogens is 208 g/mol. The van der Waals surface area contributed by atoms with Crippen LogP contribution in [0.25, 0.3) is 10.9 Å². The summed E-state index contributed by atoms with van der Waals surface area (Å²) in [5.41, 5.74) is 3.79. The molecule has 0 saturated carbocycles. The zero-order valence-corrected chi connectivity index (χ0v) is 10.4. The third-order valence-electron chi connectivity index (χ3n) is 3.72. The molecule has 2 heterocycles. The Kier molecular flexibility index (Phi) is 2.50. The number of rotatable bonds is 1. The number of anilines is 1. The molecule has 1 aromatic heterocycles. The highest BCUT2D eigenvalue weighted by Gasteiger charge is 2.21. The molecule has 0 spiro atoms. The first kappa shape index (κ1) is 10.6. The van der Waals surface area contributed by atoms with Gasteiger partial charge in [-0.25, -0.2) is 0 Å². The van der Waals surface area contributed by atoms with E-state index in [-0.39, 0.29) is 0 Å². The normalized spacial score (nSPS) is 19.1. The van der Waals surface area contributed by atoms with Crippen LogP contribution < -0.4 is 5.32 Å². The maximum Gasteiger partial charge on any atom is 0.0936 e. The van der Waals surface area contributed by atoms with Crippen molar-refractivity contribution in [2.75, 3.05) is 5.32 Å². The van der Waals surface area contributed by atoms with E-state index in [4.69, 9.17) is 0 Å². The van der Waals surface area contributed by atoms with Crippen molar-refractivity contribution in [3.8, 4) is 0 Å². The third-order valence-corrected chi connectivity index (χ3v) is 3.72. The second kappa shape index (κ2) is 4.02. The molecule has 0 aliphatic carbocycles. The van der Waals surface area contributed by atoms with Gasteiger partial charge in [-0.2, -0.15) is 0 Å². The molecule has 1 atom stereocenters. The standard InChI is InChI=1S/C15H18N2/c1-10(2)13-8-7-12-6-5-11-4-3-9-16-14(11)15(12)17-13/h3-6,9-10,13,17H,7-8H2,1-2H3. The molecule has 17 heavy (non-hydrogen) atoms. The first-order chi connectivity index (χ1) is 8.25. The van der Waals surface area contributed by atoms with Crippen LogP contribution in [0.1, 0.15) is 25.8 Å². The topological polar surface area (TPSA) is 24.9 Å². The summed E-state index contributed by atoms with van der Waals surface area (Å²) in [6.45, 7) is 4.56. The number of aromatic nitrogens is 1. The molecule has 0 saturated heterocycles. The van der Waals surface area contributed by atoms with E-state index in [2.05, 4.69) is 42.3 Å². The fourth-order valence-corrected chi connectivity index (χ4v) is 2.62. The van der Waals surface area contributed by atoms with Crippen LogP contribution in [0.15, 0.2) is 30.5 Å². The lowest BCUT2D eigenvalue weighted by atomic mass is 9.90. The first-order valence-electron chi connectivity index (χ1n) is 6.39. The number of hydrogen-bond donors (Lipinski definition) is 1. The largest absolute Gasteiger partial charge is 0.380 e. The number of nitrogens with zero attached hydrogens (tertiary/aromatic N) is 1. The second-order valence-corrected chi connectivity index (χ2v) is 5.21. The van der Waals surface area contributed by atoms with Crippen LogP contribution in [0.3, 0.4) is 0 Å². The molecule has 2 nitrogen and oxygen atoms in total. The molecule has 1 aromatic carbocycles. The summed E-state index contributed by atoms with van der Waals surface area (Å²) in [6.07, 6.45) is 4.27. The average molecular weight is 226 g/mol. The molecule has 2 aromatic rings. The maximum absolute atomic E-state index is 4.53. The lowest BCUT2D eigenvalue weighted by molar-refractivity contribution is 0.483. The monoisotopic (exact) mass is 226 g/mol. The zero-order valence-electron chi connectivity index (χ0n) is 10.4. The van der Waals surface area contributed by atoms with Gasteiger partial charge in [0.25, 0.3) is 0 Å². The molecule has 88 valence electrons. The number of benzene rings is 1. The quantitative estimate of drug-likeness (QED) is 0.803. The van der Waals surface area contributed by atoms with E-state index in [9.17, 15) is 0 Å². The van der Waals surface area contributed by atoms with E-state index in [1.54, 1.807) is 0 Å². The molecule has 1 aliphatic heterocycles. The van der Waals surface area contributed by atoms with E-state index < -0.39 is 0 Å². The van der Waals surface area contributed by atoms with Gasteiger partial charge in [-0.05, 0) is 30.4 Å². The molecule has 3 rings (SSSR count). The number of fused-ring (bicyclic) bond motifs is 3. The Labute approximate surface area is 102 Å². The van der Waals surface area contributed by atoms with Gasteiger partial charge in [0.05, 0.1) is 11.2 Å². The van der Waals surface area contributed by atoms with Crippen molar-refractivity contribution >= 4 is 16.6 Å². The van der Waals surface area contributed by atoms with E-state index in [1.807, 2.05) is 12.3 Å². The van der Waals surface area contributed by atoms with Gasteiger partial charge in [0, 0.05) is 17.6 Å². The number of aryl methyl sites for hydroxylation is 1. The minimum absolute atomic E-state index is 0.579. The van der Waals surface area contributed by atoms with Crippen LogP contribution in [0, 0.1) is 5.92 Å². The van der Waals surface area contributed by atoms with Crippen molar-refractivity contribution in [3.63, 3.8) is 0 Å². The van der Waals surface area contributed by atoms with Gasteiger partial charge in [0.1, 0.15) is 0 Å². The van der Waals surface area contributed by atoms with Crippen LogP contribution in [0.4, 0.5) is 5.69 Å². The summed E-state index contributed by atoms with van der Waals surface area (Å²) < 4.78 is 0. The molecular formula is C15H18N2. The zero-order chi connectivity index (χ0) is 11.8. The van der Waals surface area contributed by atoms with Crippen molar-refractivity contribution in [2.24, 2.45) is 5.92 Å². The Morgan fingerprint density at radius 2 is 2.18 bits per heavy atom. The molecule has 1 aliphatic rings. The van der Waals surface area contributed by atoms with E-state index in [0.29, 0.717) is 12.0 Å². The number of pyridine rings is 1. The Hall–Kier alpha value is -1.57. The first-order valence-corrected chi connectivity index (χ1v) is 6.39. The van der Waals surface area contributed by atoms with Crippen molar-refractivity contribution in [2.45, 2.75) is 32.7 Å². The van der Waals surface area contributed by atoms with Crippen molar-refractivity contribution < 1.29 is 0 Å². The SMILES string of the molecule is CC(C)C1CCc2ccc3cccnc3c2N1. The minimum atomic E-state index is 0.579. The summed E-state index contributed by atoms with van der Waals surface area (Å²) in [7, 11) is 0. The van der Waals surface area contributed by atoms with Crippen molar-refractivity contribution in [3.05, 3.63) is 36.0 Å².